The van der Waals surface area contributed by atoms with Crippen LogP contribution in [0.3, 0.4) is 0 Å². The van der Waals surface area contributed by atoms with Gasteiger partial charge in [0.05, 0.1) is 11.3 Å². The van der Waals surface area contributed by atoms with E-state index in [1.54, 1.807) is 18.7 Å². The van der Waals surface area contributed by atoms with Crippen LogP contribution in [0, 0.1) is 6.92 Å². The monoisotopic (exact) mass is 337 g/mol. The molecule has 2 aromatic carbocycles. The zero-order valence-corrected chi connectivity index (χ0v) is 14.2. The lowest BCUT2D eigenvalue weighted by atomic mass is 9.98. The summed E-state index contributed by atoms with van der Waals surface area (Å²) in [6.45, 7) is 1.96. The molecule has 0 unspecified atom stereocenters. The Morgan fingerprint density at radius 3 is 2.50 bits per heavy atom. The van der Waals surface area contributed by atoms with Crippen LogP contribution in [0.1, 0.15) is 5.82 Å². The van der Waals surface area contributed by atoms with E-state index in [1.165, 1.54) is 10.8 Å². The van der Waals surface area contributed by atoms with E-state index in [2.05, 4.69) is 57.6 Å². The van der Waals surface area contributed by atoms with Gasteiger partial charge in [0.15, 0.2) is 5.65 Å². The maximum atomic E-state index is 4.86. The molecular weight excluding hydrogens is 322 g/mol. The minimum atomic E-state index is 0.805. The third kappa shape index (κ3) is 2.25. The highest BCUT2D eigenvalue weighted by Crippen LogP contribution is 2.35. The van der Waals surface area contributed by atoms with Crippen molar-refractivity contribution in [1.82, 2.24) is 24.6 Å². The van der Waals surface area contributed by atoms with Crippen LogP contribution in [-0.2, 0) is 0 Å². The standard InChI is InChI=1S/C21H15N5/c1-14-24-20(16-8-10-22-11-9-16)19(21-25-23-13-26(14)21)18-7-6-15-4-2-3-5-17(15)12-18/h2-13H,1H3. The highest BCUT2D eigenvalue weighted by Gasteiger charge is 2.17. The maximum absolute atomic E-state index is 4.86. The molecule has 5 heteroatoms. The van der Waals surface area contributed by atoms with Crippen LogP contribution < -0.4 is 0 Å². The Kier molecular flexibility index (Phi) is 3.25. The van der Waals surface area contributed by atoms with Crippen molar-refractivity contribution in [3.05, 3.63) is 79.1 Å². The highest BCUT2D eigenvalue weighted by atomic mass is 15.2. The molecule has 0 atom stereocenters. The van der Waals surface area contributed by atoms with Gasteiger partial charge in [-0.3, -0.25) is 9.38 Å². The molecular formula is C21H15N5. The Labute approximate surface area is 150 Å². The van der Waals surface area contributed by atoms with E-state index in [-0.39, 0.29) is 0 Å². The van der Waals surface area contributed by atoms with Crippen LogP contribution >= 0.6 is 0 Å². The molecule has 0 fully saturated rings. The zero-order chi connectivity index (χ0) is 17.5. The Morgan fingerprint density at radius 1 is 0.846 bits per heavy atom. The summed E-state index contributed by atoms with van der Waals surface area (Å²) in [4.78, 5) is 8.98. The number of fused-ring (bicyclic) bond motifs is 2. The molecule has 5 nitrogen and oxygen atoms in total. The van der Waals surface area contributed by atoms with Gasteiger partial charge < -0.3 is 0 Å². The van der Waals surface area contributed by atoms with Crippen LogP contribution in [0.4, 0.5) is 0 Å². The molecule has 5 aromatic rings. The Balaban J connectivity index is 1.87. The summed E-state index contributed by atoms with van der Waals surface area (Å²) in [5, 5.41) is 10.9. The molecule has 0 aliphatic carbocycles. The van der Waals surface area contributed by atoms with Gasteiger partial charge in [0.25, 0.3) is 0 Å². The first-order valence-corrected chi connectivity index (χ1v) is 8.41. The van der Waals surface area contributed by atoms with Crippen LogP contribution in [-0.4, -0.2) is 24.6 Å². The van der Waals surface area contributed by atoms with Crippen molar-refractivity contribution < 1.29 is 0 Å². The first kappa shape index (κ1) is 14.7. The minimum absolute atomic E-state index is 0.805. The summed E-state index contributed by atoms with van der Waals surface area (Å²) < 4.78 is 1.93. The van der Waals surface area contributed by atoms with Crippen molar-refractivity contribution in [1.29, 1.82) is 0 Å². The Bertz CT molecular complexity index is 1240. The van der Waals surface area contributed by atoms with Gasteiger partial charge in [0.1, 0.15) is 12.2 Å². The number of aryl methyl sites for hydroxylation is 1. The van der Waals surface area contributed by atoms with E-state index in [0.717, 1.165) is 33.9 Å². The maximum Gasteiger partial charge on any atom is 0.172 e. The van der Waals surface area contributed by atoms with E-state index in [9.17, 15) is 0 Å². The fourth-order valence-corrected chi connectivity index (χ4v) is 3.35. The van der Waals surface area contributed by atoms with Crippen molar-refractivity contribution in [3.8, 4) is 22.4 Å². The summed E-state index contributed by atoms with van der Waals surface area (Å²) in [7, 11) is 0. The molecule has 0 spiro atoms. The van der Waals surface area contributed by atoms with Crippen molar-refractivity contribution >= 4 is 16.4 Å². The zero-order valence-electron chi connectivity index (χ0n) is 14.2. The van der Waals surface area contributed by atoms with E-state index in [1.807, 2.05) is 23.5 Å². The first-order valence-electron chi connectivity index (χ1n) is 8.41. The molecule has 124 valence electrons. The molecule has 0 aliphatic rings. The van der Waals surface area contributed by atoms with Crippen molar-refractivity contribution in [2.75, 3.05) is 0 Å². The number of pyridine rings is 1. The molecule has 0 N–H and O–H groups in total. The predicted octanol–water partition coefficient (Wildman–Crippen LogP) is 4.31. The van der Waals surface area contributed by atoms with Crippen LogP contribution in [0.15, 0.2) is 73.3 Å². The van der Waals surface area contributed by atoms with Gasteiger partial charge in [0.2, 0.25) is 0 Å². The molecule has 0 bridgehead atoms. The number of rotatable bonds is 2. The van der Waals surface area contributed by atoms with Gasteiger partial charge in [-0.15, -0.1) is 10.2 Å². The second kappa shape index (κ2) is 5.74. The summed E-state index contributed by atoms with van der Waals surface area (Å²) in [5.41, 5.74) is 4.75. The van der Waals surface area contributed by atoms with E-state index < -0.39 is 0 Å². The van der Waals surface area contributed by atoms with Crippen molar-refractivity contribution in [2.45, 2.75) is 6.92 Å². The predicted molar refractivity (Wildman–Crippen MR) is 102 cm³/mol. The number of hydrogen-bond acceptors (Lipinski definition) is 4. The molecule has 0 aliphatic heterocycles. The third-order valence-electron chi connectivity index (χ3n) is 4.62. The quantitative estimate of drug-likeness (QED) is 0.481. The van der Waals surface area contributed by atoms with Crippen molar-refractivity contribution in [3.63, 3.8) is 0 Å². The fourth-order valence-electron chi connectivity index (χ4n) is 3.35. The highest BCUT2D eigenvalue weighted by molar-refractivity contribution is 5.94. The molecule has 0 saturated carbocycles. The smallest absolute Gasteiger partial charge is 0.172 e. The van der Waals surface area contributed by atoms with Gasteiger partial charge in [-0.25, -0.2) is 4.98 Å². The van der Waals surface area contributed by atoms with E-state index >= 15 is 0 Å². The Morgan fingerprint density at radius 2 is 1.65 bits per heavy atom. The summed E-state index contributed by atoms with van der Waals surface area (Å²) in [6.07, 6.45) is 5.27. The van der Waals surface area contributed by atoms with E-state index in [0.29, 0.717) is 0 Å². The van der Waals surface area contributed by atoms with Crippen LogP contribution in [0.2, 0.25) is 0 Å². The van der Waals surface area contributed by atoms with E-state index in [4.69, 9.17) is 4.98 Å². The second-order valence-corrected chi connectivity index (χ2v) is 6.20. The number of hydrogen-bond donors (Lipinski definition) is 0. The topological polar surface area (TPSA) is 56.0 Å². The van der Waals surface area contributed by atoms with Crippen molar-refractivity contribution in [2.24, 2.45) is 0 Å². The molecule has 0 radical (unpaired) electrons. The summed E-state index contributed by atoms with van der Waals surface area (Å²) in [5.74, 6) is 0.848. The third-order valence-corrected chi connectivity index (χ3v) is 4.62. The number of nitrogens with zero attached hydrogens (tertiary/aromatic N) is 5. The van der Waals surface area contributed by atoms with Gasteiger partial charge >= 0.3 is 0 Å². The molecule has 3 aromatic heterocycles. The van der Waals surface area contributed by atoms with Crippen LogP contribution in [0.5, 0.6) is 0 Å². The summed E-state index contributed by atoms with van der Waals surface area (Å²) in [6, 6.07) is 18.7. The van der Waals surface area contributed by atoms with Gasteiger partial charge in [-0.1, -0.05) is 36.4 Å². The SMILES string of the molecule is Cc1nc(-c2ccncc2)c(-c2ccc3ccccc3c2)c2nncn12. The van der Waals surface area contributed by atoms with Gasteiger partial charge in [-0.2, -0.15) is 0 Å². The largest absolute Gasteiger partial charge is 0.269 e. The molecule has 0 saturated heterocycles. The lowest BCUT2D eigenvalue weighted by Gasteiger charge is -2.13. The second-order valence-electron chi connectivity index (χ2n) is 6.20. The Hall–Kier alpha value is -3.60. The molecule has 0 amide bonds. The molecule has 5 rings (SSSR count). The molecule has 3 heterocycles. The first-order chi connectivity index (χ1) is 12.8. The lowest BCUT2D eigenvalue weighted by molar-refractivity contribution is 0.986. The number of aromatic nitrogens is 5. The normalized spacial score (nSPS) is 11.3. The average molecular weight is 337 g/mol. The van der Waals surface area contributed by atoms with Gasteiger partial charge in [0, 0.05) is 18.0 Å². The minimum Gasteiger partial charge on any atom is -0.269 e. The lowest BCUT2D eigenvalue weighted by Crippen LogP contribution is -2.01. The average Bonchev–Trinajstić information content (AvgIpc) is 3.18. The van der Waals surface area contributed by atoms with Crippen LogP contribution in [0.25, 0.3) is 38.8 Å². The molecule has 26 heavy (non-hydrogen) atoms. The van der Waals surface area contributed by atoms with Gasteiger partial charge in [-0.05, 0) is 41.5 Å². The summed E-state index contributed by atoms with van der Waals surface area (Å²) >= 11 is 0. The number of benzene rings is 2. The fraction of sp³-hybridized carbons (Fsp3) is 0.0476.